The summed E-state index contributed by atoms with van der Waals surface area (Å²) < 4.78 is 2.57. The predicted octanol–water partition coefficient (Wildman–Crippen LogP) is 15.2. The van der Waals surface area contributed by atoms with Gasteiger partial charge >= 0.3 is 0 Å². The quantitative estimate of drug-likeness (QED) is 0.157. The number of fused-ring (bicyclic) bond motifs is 6. The molecule has 0 amide bonds. The van der Waals surface area contributed by atoms with Gasteiger partial charge in [-0.1, -0.05) is 170 Å². The van der Waals surface area contributed by atoms with Gasteiger partial charge in [0.25, 0.3) is 0 Å². The molecule has 0 bridgehead atoms. The summed E-state index contributed by atoms with van der Waals surface area (Å²) in [6.45, 7) is 0. The van der Waals surface area contributed by atoms with Gasteiger partial charge in [0.05, 0.1) is 5.41 Å². The van der Waals surface area contributed by atoms with Gasteiger partial charge in [-0.3, -0.25) is 0 Å². The first-order chi connectivity index (χ1) is 28.3. The van der Waals surface area contributed by atoms with Crippen molar-refractivity contribution < 1.29 is 0 Å². The number of nitrogens with zero attached hydrogens (tertiary/aromatic N) is 1. The minimum atomic E-state index is -0.448. The van der Waals surface area contributed by atoms with Crippen LogP contribution in [0.3, 0.4) is 0 Å². The molecular formula is C55H37NS. The third-order valence-corrected chi connectivity index (χ3v) is 12.9. The SMILES string of the molecule is c1ccc(-c2cccc(N(c3cccc(-c4ccccc4)c3)c3ccc4sc5ccc(C6(c7ccccc7)c7ccccc7-c7ccccc76)cc5c4c3)c2)cc1. The second kappa shape index (κ2) is 13.6. The van der Waals surface area contributed by atoms with E-state index in [9.17, 15) is 0 Å². The van der Waals surface area contributed by atoms with E-state index < -0.39 is 5.41 Å². The third-order valence-electron chi connectivity index (χ3n) is 11.7. The number of rotatable bonds is 7. The third kappa shape index (κ3) is 5.44. The Hall–Kier alpha value is -7.00. The molecule has 0 aliphatic heterocycles. The van der Waals surface area contributed by atoms with E-state index in [0.717, 1.165) is 17.1 Å². The lowest BCUT2D eigenvalue weighted by Crippen LogP contribution is -2.28. The number of benzene rings is 9. The van der Waals surface area contributed by atoms with Crippen LogP contribution in [0.15, 0.2) is 224 Å². The molecule has 268 valence electrons. The Morgan fingerprint density at radius 2 is 0.772 bits per heavy atom. The van der Waals surface area contributed by atoms with Crippen molar-refractivity contribution in [2.45, 2.75) is 5.41 Å². The van der Waals surface area contributed by atoms with Gasteiger partial charge in [-0.15, -0.1) is 11.3 Å². The lowest BCUT2D eigenvalue weighted by Gasteiger charge is -2.34. The van der Waals surface area contributed by atoms with Gasteiger partial charge in [-0.2, -0.15) is 0 Å². The fourth-order valence-corrected chi connectivity index (χ4v) is 10.3. The number of thiophene rings is 1. The van der Waals surface area contributed by atoms with E-state index in [-0.39, 0.29) is 0 Å². The molecule has 0 N–H and O–H groups in total. The molecule has 9 aromatic carbocycles. The maximum absolute atomic E-state index is 2.49. The Bertz CT molecular complexity index is 2940. The highest BCUT2D eigenvalue weighted by Gasteiger charge is 2.46. The molecule has 0 atom stereocenters. The van der Waals surface area contributed by atoms with Crippen molar-refractivity contribution in [3.63, 3.8) is 0 Å². The summed E-state index contributed by atoms with van der Waals surface area (Å²) in [5.41, 5.74) is 15.5. The van der Waals surface area contributed by atoms with Crippen molar-refractivity contribution in [1.82, 2.24) is 0 Å². The second-order valence-electron chi connectivity index (χ2n) is 14.9. The van der Waals surface area contributed by atoms with Gasteiger partial charge in [-0.05, 0) is 110 Å². The van der Waals surface area contributed by atoms with E-state index in [1.54, 1.807) is 0 Å². The fraction of sp³-hybridized carbons (Fsp3) is 0.0182. The molecule has 1 nitrogen and oxygen atoms in total. The molecule has 11 rings (SSSR count). The Labute approximate surface area is 337 Å². The molecule has 0 unspecified atom stereocenters. The topological polar surface area (TPSA) is 3.24 Å². The average molecular weight is 744 g/mol. The molecular weight excluding hydrogens is 707 g/mol. The monoisotopic (exact) mass is 743 g/mol. The van der Waals surface area contributed by atoms with E-state index in [2.05, 4.69) is 229 Å². The predicted molar refractivity (Wildman–Crippen MR) is 242 cm³/mol. The maximum atomic E-state index is 2.49. The smallest absolute Gasteiger partial charge is 0.0713 e. The van der Waals surface area contributed by atoms with E-state index in [0.29, 0.717) is 0 Å². The molecule has 0 fully saturated rings. The molecule has 0 spiro atoms. The molecule has 2 heteroatoms. The Balaban J connectivity index is 1.13. The highest BCUT2D eigenvalue weighted by atomic mass is 32.1. The first-order valence-corrected chi connectivity index (χ1v) is 20.4. The standard InChI is InChI=1S/C55H37NS/c1-4-16-38(17-5-1)40-20-14-24-44(34-40)56(45-25-15-21-41(35-45)39-18-6-2-7-19-39)46-31-33-54-50(37-46)49-36-43(30-32-53(49)57-54)55(42-22-8-3-9-23-42)51-28-12-10-26-47(51)48-27-11-13-29-52(48)55/h1-37H. The van der Waals surface area contributed by atoms with Crippen LogP contribution in [0.25, 0.3) is 53.6 Å². The first kappa shape index (κ1) is 33.3. The average Bonchev–Trinajstić information content (AvgIpc) is 3.81. The highest BCUT2D eigenvalue weighted by molar-refractivity contribution is 7.25. The lowest BCUT2D eigenvalue weighted by atomic mass is 9.67. The molecule has 1 aliphatic carbocycles. The maximum Gasteiger partial charge on any atom is 0.0713 e. The lowest BCUT2D eigenvalue weighted by molar-refractivity contribution is 0.770. The van der Waals surface area contributed by atoms with Gasteiger partial charge in [0.15, 0.2) is 0 Å². The highest BCUT2D eigenvalue weighted by Crippen LogP contribution is 2.56. The minimum Gasteiger partial charge on any atom is -0.310 e. The molecule has 0 radical (unpaired) electrons. The number of hydrogen-bond acceptors (Lipinski definition) is 2. The summed E-state index contributed by atoms with van der Waals surface area (Å²) in [6, 6.07) is 82.5. The summed E-state index contributed by atoms with van der Waals surface area (Å²) in [7, 11) is 0. The van der Waals surface area contributed by atoms with Crippen molar-refractivity contribution in [3.05, 3.63) is 247 Å². The largest absolute Gasteiger partial charge is 0.310 e. The van der Waals surface area contributed by atoms with E-state index >= 15 is 0 Å². The van der Waals surface area contributed by atoms with Crippen molar-refractivity contribution in [2.24, 2.45) is 0 Å². The van der Waals surface area contributed by atoms with Gasteiger partial charge in [-0.25, -0.2) is 0 Å². The molecule has 1 heterocycles. The summed E-state index contributed by atoms with van der Waals surface area (Å²) in [5.74, 6) is 0. The summed E-state index contributed by atoms with van der Waals surface area (Å²) in [5, 5.41) is 2.54. The van der Waals surface area contributed by atoms with Crippen LogP contribution >= 0.6 is 11.3 Å². The fourth-order valence-electron chi connectivity index (χ4n) is 9.21. The van der Waals surface area contributed by atoms with Crippen LogP contribution in [0.5, 0.6) is 0 Å². The van der Waals surface area contributed by atoms with Crippen molar-refractivity contribution in [1.29, 1.82) is 0 Å². The zero-order valence-electron chi connectivity index (χ0n) is 31.2. The van der Waals surface area contributed by atoms with Gasteiger partial charge in [0.2, 0.25) is 0 Å². The normalized spacial score (nSPS) is 12.7. The molecule has 1 aliphatic rings. The molecule has 57 heavy (non-hydrogen) atoms. The Morgan fingerprint density at radius 1 is 0.316 bits per heavy atom. The molecule has 0 saturated carbocycles. The van der Waals surface area contributed by atoms with Gasteiger partial charge in [0.1, 0.15) is 0 Å². The second-order valence-corrected chi connectivity index (χ2v) is 16.0. The molecule has 1 aromatic heterocycles. The Morgan fingerprint density at radius 3 is 1.35 bits per heavy atom. The van der Waals surface area contributed by atoms with Crippen molar-refractivity contribution >= 4 is 48.6 Å². The van der Waals surface area contributed by atoms with Crippen LogP contribution in [0.1, 0.15) is 22.3 Å². The zero-order chi connectivity index (χ0) is 37.8. The molecule has 0 saturated heterocycles. The zero-order valence-corrected chi connectivity index (χ0v) is 32.0. The van der Waals surface area contributed by atoms with E-state index in [1.165, 1.54) is 75.8 Å². The van der Waals surface area contributed by atoms with Gasteiger partial charge in [0, 0.05) is 37.2 Å². The van der Waals surface area contributed by atoms with Crippen LogP contribution in [-0.2, 0) is 5.41 Å². The Kier molecular flexibility index (Phi) is 7.98. The van der Waals surface area contributed by atoms with Crippen LogP contribution in [0, 0.1) is 0 Å². The van der Waals surface area contributed by atoms with Crippen molar-refractivity contribution in [2.75, 3.05) is 4.90 Å². The molecule has 10 aromatic rings. The summed E-state index contributed by atoms with van der Waals surface area (Å²) in [4.78, 5) is 2.42. The number of hydrogen-bond donors (Lipinski definition) is 0. The van der Waals surface area contributed by atoms with E-state index in [1.807, 2.05) is 11.3 Å². The van der Waals surface area contributed by atoms with Crippen molar-refractivity contribution in [3.8, 4) is 33.4 Å². The number of anilines is 3. The van der Waals surface area contributed by atoms with Crippen LogP contribution in [-0.4, -0.2) is 0 Å². The minimum absolute atomic E-state index is 0.448. The first-order valence-electron chi connectivity index (χ1n) is 19.6. The van der Waals surface area contributed by atoms with Crippen LogP contribution < -0.4 is 4.90 Å². The van der Waals surface area contributed by atoms with E-state index in [4.69, 9.17) is 0 Å². The van der Waals surface area contributed by atoms with Crippen LogP contribution in [0.2, 0.25) is 0 Å². The summed E-state index contributed by atoms with van der Waals surface area (Å²) in [6.07, 6.45) is 0. The van der Waals surface area contributed by atoms with Gasteiger partial charge < -0.3 is 4.90 Å². The summed E-state index contributed by atoms with van der Waals surface area (Å²) >= 11 is 1.87. The van der Waals surface area contributed by atoms with Crippen LogP contribution in [0.4, 0.5) is 17.1 Å².